The fraction of sp³-hybridized carbons (Fsp3) is 0.514. The second-order valence-corrected chi connectivity index (χ2v) is 13.8. The first-order valence-corrected chi connectivity index (χ1v) is 17.2. The van der Waals surface area contributed by atoms with E-state index in [0.717, 1.165) is 43.4 Å². The molecular weight excluding hydrogens is 643 g/mol. The molecule has 0 bridgehead atoms. The summed E-state index contributed by atoms with van der Waals surface area (Å²) in [5, 5.41) is 13.7. The molecule has 12 heteroatoms. The van der Waals surface area contributed by atoms with Gasteiger partial charge in [-0.2, -0.15) is 0 Å². The maximum absolute atomic E-state index is 13.9. The highest BCUT2D eigenvalue weighted by Gasteiger charge is 2.39. The topological polar surface area (TPSA) is 113 Å². The number of nitrogens with zero attached hydrogens (tertiary/aromatic N) is 3. The number of carboxylic acid groups (broad SMARTS) is 1. The van der Waals surface area contributed by atoms with Crippen molar-refractivity contribution in [2.24, 2.45) is 13.0 Å². The molecule has 0 unspecified atom stereocenters. The molecule has 1 aliphatic carbocycles. The van der Waals surface area contributed by atoms with E-state index in [1.165, 1.54) is 0 Å². The Hall–Kier alpha value is -3.15. The highest BCUT2D eigenvalue weighted by atomic mass is 35.5. The van der Waals surface area contributed by atoms with Crippen molar-refractivity contribution in [3.05, 3.63) is 63.8 Å². The van der Waals surface area contributed by atoms with Gasteiger partial charge < -0.3 is 29.4 Å². The SMILES string of the molecule is Cn1cc(C(=O)Nc2cc(Cl)c(CC(=O)N3C[C@@H](N4CCCOCC4)C[C@H]3COC3CCC(C(=O)O)CC3)cc2Cl)c2ccccc21. The van der Waals surface area contributed by atoms with E-state index in [0.29, 0.717) is 72.3 Å². The van der Waals surface area contributed by atoms with Gasteiger partial charge in [-0.05, 0) is 62.3 Å². The molecule has 2 saturated heterocycles. The number of amides is 2. The van der Waals surface area contributed by atoms with Crippen molar-refractivity contribution in [1.29, 1.82) is 0 Å². The number of carbonyl (C=O) groups is 3. The predicted molar refractivity (Wildman–Crippen MR) is 181 cm³/mol. The number of hydrogen-bond acceptors (Lipinski definition) is 6. The van der Waals surface area contributed by atoms with Crippen LogP contribution < -0.4 is 5.32 Å². The number of halogens is 2. The predicted octanol–water partition coefficient (Wildman–Crippen LogP) is 5.63. The fourth-order valence-corrected chi connectivity index (χ4v) is 7.73. The summed E-state index contributed by atoms with van der Waals surface area (Å²) in [6, 6.07) is 11.0. The Labute approximate surface area is 284 Å². The minimum atomic E-state index is -0.737. The molecule has 10 nitrogen and oxygen atoms in total. The average molecular weight is 686 g/mol. The van der Waals surface area contributed by atoms with Crippen LogP contribution in [-0.2, 0) is 32.5 Å². The lowest BCUT2D eigenvalue weighted by Gasteiger charge is -2.30. The lowest BCUT2D eigenvalue weighted by molar-refractivity contribution is -0.144. The molecule has 0 radical (unpaired) electrons. The van der Waals surface area contributed by atoms with Crippen molar-refractivity contribution in [3.63, 3.8) is 0 Å². The minimum Gasteiger partial charge on any atom is -0.481 e. The largest absolute Gasteiger partial charge is 0.481 e. The Morgan fingerprint density at radius 1 is 1.04 bits per heavy atom. The van der Waals surface area contributed by atoms with E-state index in [9.17, 15) is 19.5 Å². The van der Waals surface area contributed by atoms with Crippen LogP contribution in [-0.4, -0.2) is 94.9 Å². The summed E-state index contributed by atoms with van der Waals surface area (Å²) in [5.74, 6) is -1.40. The normalized spacial score (nSPS) is 23.9. The van der Waals surface area contributed by atoms with E-state index in [2.05, 4.69) is 10.2 Å². The number of para-hydroxylation sites is 1. The van der Waals surface area contributed by atoms with Gasteiger partial charge in [-0.3, -0.25) is 19.3 Å². The van der Waals surface area contributed by atoms with E-state index in [1.807, 2.05) is 40.8 Å². The monoisotopic (exact) mass is 684 g/mol. The maximum atomic E-state index is 13.9. The van der Waals surface area contributed by atoms with Crippen molar-refractivity contribution < 1.29 is 29.0 Å². The number of likely N-dealkylation sites (tertiary alicyclic amines) is 1. The van der Waals surface area contributed by atoms with Crippen molar-refractivity contribution in [1.82, 2.24) is 14.4 Å². The molecule has 3 heterocycles. The van der Waals surface area contributed by atoms with Crippen LogP contribution in [0.1, 0.15) is 54.4 Å². The summed E-state index contributed by atoms with van der Waals surface area (Å²) in [7, 11) is 1.89. The standard InChI is InChI=1S/C35H42Cl2N4O6/c1-39-20-28(27-5-2-3-6-32(27)39)34(43)38-31-18-29(36)23(15-30(31)37)16-33(42)41-19-24(40-11-4-13-46-14-12-40)17-25(41)21-47-26-9-7-22(8-10-26)35(44)45/h2-3,5-6,15,18,20,22,24-26H,4,7-14,16-17,19,21H2,1H3,(H,38,43)(H,44,45)/t22?,24-,25-,26?/m0/s1. The first kappa shape index (κ1) is 33.7. The van der Waals surface area contributed by atoms with Crippen LogP contribution in [0, 0.1) is 5.92 Å². The summed E-state index contributed by atoms with van der Waals surface area (Å²) >= 11 is 13.4. The summed E-state index contributed by atoms with van der Waals surface area (Å²) in [4.78, 5) is 42.9. The Bertz CT molecular complexity index is 1610. The van der Waals surface area contributed by atoms with Gasteiger partial charge in [-0.25, -0.2) is 0 Å². The van der Waals surface area contributed by atoms with E-state index >= 15 is 0 Å². The van der Waals surface area contributed by atoms with Crippen LogP contribution in [0.4, 0.5) is 5.69 Å². The molecule has 2 atom stereocenters. The highest BCUT2D eigenvalue weighted by Crippen LogP contribution is 2.33. The minimum absolute atomic E-state index is 0.00179. The number of ether oxygens (including phenoxy) is 2. The summed E-state index contributed by atoms with van der Waals surface area (Å²) in [6.07, 6.45) is 6.24. The van der Waals surface area contributed by atoms with Gasteiger partial charge in [0, 0.05) is 61.5 Å². The molecule has 3 aromatic rings. The van der Waals surface area contributed by atoms with Crippen molar-refractivity contribution in [2.45, 2.75) is 63.1 Å². The molecule has 252 valence electrons. The van der Waals surface area contributed by atoms with Gasteiger partial charge in [-0.15, -0.1) is 0 Å². The second-order valence-electron chi connectivity index (χ2n) is 13.0. The molecule has 2 amide bonds. The molecule has 1 aromatic heterocycles. The number of fused-ring (bicyclic) bond motifs is 1. The second kappa shape index (κ2) is 15.0. The maximum Gasteiger partial charge on any atom is 0.306 e. The Balaban J connectivity index is 1.13. The zero-order valence-corrected chi connectivity index (χ0v) is 28.1. The number of rotatable bonds is 9. The van der Waals surface area contributed by atoms with Crippen LogP contribution >= 0.6 is 23.2 Å². The van der Waals surface area contributed by atoms with Crippen LogP contribution in [0.25, 0.3) is 10.9 Å². The molecule has 1 saturated carbocycles. The number of aromatic nitrogens is 1. The Kier molecular flexibility index (Phi) is 10.7. The summed E-state index contributed by atoms with van der Waals surface area (Å²) < 4.78 is 13.9. The van der Waals surface area contributed by atoms with Gasteiger partial charge in [0.15, 0.2) is 0 Å². The molecule has 3 fully saturated rings. The fourth-order valence-electron chi connectivity index (χ4n) is 7.27. The van der Waals surface area contributed by atoms with Crippen LogP contribution in [0.15, 0.2) is 42.6 Å². The zero-order valence-electron chi connectivity index (χ0n) is 26.6. The number of anilines is 1. The van der Waals surface area contributed by atoms with Crippen LogP contribution in [0.3, 0.4) is 0 Å². The number of benzene rings is 2. The number of carbonyl (C=O) groups excluding carboxylic acids is 2. The number of hydrogen-bond donors (Lipinski definition) is 2. The van der Waals surface area contributed by atoms with Gasteiger partial charge in [0.1, 0.15) is 0 Å². The van der Waals surface area contributed by atoms with Crippen LogP contribution in [0.5, 0.6) is 0 Å². The third-order valence-electron chi connectivity index (χ3n) is 9.90. The molecule has 3 aliphatic rings. The number of carboxylic acids is 1. The number of nitrogens with one attached hydrogen (secondary N) is 1. The molecule has 0 spiro atoms. The molecule has 47 heavy (non-hydrogen) atoms. The smallest absolute Gasteiger partial charge is 0.306 e. The third kappa shape index (κ3) is 7.78. The summed E-state index contributed by atoms with van der Waals surface area (Å²) in [6.45, 7) is 4.16. The van der Waals surface area contributed by atoms with Gasteiger partial charge in [0.25, 0.3) is 5.91 Å². The quantitative estimate of drug-likeness (QED) is 0.300. The molecule has 6 rings (SSSR count). The molecule has 2 aliphatic heterocycles. The summed E-state index contributed by atoms with van der Waals surface area (Å²) in [5.41, 5.74) is 2.43. The van der Waals surface area contributed by atoms with E-state index in [1.54, 1.807) is 18.3 Å². The van der Waals surface area contributed by atoms with Gasteiger partial charge in [0.2, 0.25) is 5.91 Å². The molecule has 2 aromatic carbocycles. The lowest BCUT2D eigenvalue weighted by Crippen LogP contribution is -2.42. The zero-order chi connectivity index (χ0) is 33.1. The van der Waals surface area contributed by atoms with Gasteiger partial charge in [-0.1, -0.05) is 41.4 Å². The first-order valence-electron chi connectivity index (χ1n) is 16.5. The molecular formula is C35H42Cl2N4O6. The van der Waals surface area contributed by atoms with E-state index < -0.39 is 5.97 Å². The van der Waals surface area contributed by atoms with Gasteiger partial charge in [0.05, 0.1) is 54.0 Å². The molecule has 2 N–H and O–H groups in total. The Morgan fingerprint density at radius 2 is 1.83 bits per heavy atom. The third-order valence-corrected chi connectivity index (χ3v) is 10.6. The van der Waals surface area contributed by atoms with Gasteiger partial charge >= 0.3 is 5.97 Å². The van der Waals surface area contributed by atoms with Crippen molar-refractivity contribution in [2.75, 3.05) is 44.8 Å². The number of aryl methyl sites for hydroxylation is 1. The Morgan fingerprint density at radius 3 is 2.62 bits per heavy atom. The average Bonchev–Trinajstić information content (AvgIpc) is 3.52. The van der Waals surface area contributed by atoms with Crippen molar-refractivity contribution >= 4 is 57.6 Å². The number of aliphatic carboxylic acids is 1. The highest BCUT2D eigenvalue weighted by molar-refractivity contribution is 6.36. The van der Waals surface area contributed by atoms with Crippen molar-refractivity contribution in [3.8, 4) is 0 Å². The first-order chi connectivity index (χ1) is 22.7. The van der Waals surface area contributed by atoms with E-state index in [4.69, 9.17) is 32.7 Å². The lowest BCUT2D eigenvalue weighted by atomic mass is 9.87. The van der Waals surface area contributed by atoms with Crippen LogP contribution in [0.2, 0.25) is 10.0 Å². The van der Waals surface area contributed by atoms with E-state index in [-0.39, 0.29) is 42.3 Å².